The van der Waals surface area contributed by atoms with Crippen LogP contribution in [0.4, 0.5) is 4.79 Å². The van der Waals surface area contributed by atoms with Crippen LogP contribution in [0.1, 0.15) is 44.4 Å². The molecular weight excluding hydrogens is 314 g/mol. The molecule has 0 fully saturated rings. The van der Waals surface area contributed by atoms with Gasteiger partial charge in [-0.1, -0.05) is 60.7 Å². The van der Waals surface area contributed by atoms with Crippen LogP contribution in [0.25, 0.3) is 0 Å². The Labute approximate surface area is 150 Å². The van der Waals surface area contributed by atoms with Gasteiger partial charge in [0, 0.05) is 13.2 Å². The zero-order valence-electron chi connectivity index (χ0n) is 15.2. The predicted molar refractivity (Wildman–Crippen MR) is 99.4 cm³/mol. The fourth-order valence-electron chi connectivity index (χ4n) is 2.71. The lowest BCUT2D eigenvalue weighted by Gasteiger charge is -2.34. The lowest BCUT2D eigenvalue weighted by Crippen LogP contribution is -2.40. The second kappa shape index (κ2) is 8.67. The van der Waals surface area contributed by atoms with Gasteiger partial charge in [-0.15, -0.1) is 0 Å². The van der Waals surface area contributed by atoms with Gasteiger partial charge in [-0.3, -0.25) is 4.90 Å². The Balaban J connectivity index is 2.44. The second-order valence-electron chi connectivity index (χ2n) is 6.97. The van der Waals surface area contributed by atoms with Crippen molar-refractivity contribution in [3.8, 4) is 0 Å². The maximum absolute atomic E-state index is 12.9. The average Bonchev–Trinajstić information content (AvgIpc) is 2.58. The molecule has 0 bridgehead atoms. The molecule has 0 aromatic heterocycles. The number of rotatable bonds is 6. The van der Waals surface area contributed by atoms with Crippen molar-refractivity contribution in [1.82, 2.24) is 4.90 Å². The van der Waals surface area contributed by atoms with E-state index in [1.807, 2.05) is 81.4 Å². The van der Waals surface area contributed by atoms with Gasteiger partial charge in [-0.25, -0.2) is 4.79 Å². The van der Waals surface area contributed by atoms with Gasteiger partial charge in [0.25, 0.3) is 0 Å². The van der Waals surface area contributed by atoms with Gasteiger partial charge in [0.1, 0.15) is 5.60 Å². The standard InChI is InChI=1S/C21H27NO3/c1-21(2,3)25-20(24)22(15-10-16-23)19(17-11-6-4-7-12-17)18-13-8-5-9-14-18/h4-9,11-14,19,23H,10,15-16H2,1-3H3. The van der Waals surface area contributed by atoms with Gasteiger partial charge in [0.15, 0.2) is 0 Å². The highest BCUT2D eigenvalue weighted by molar-refractivity contribution is 5.69. The number of hydrogen-bond acceptors (Lipinski definition) is 3. The first-order chi connectivity index (χ1) is 11.9. The van der Waals surface area contributed by atoms with Crippen LogP contribution >= 0.6 is 0 Å². The number of ether oxygens (including phenoxy) is 1. The summed E-state index contributed by atoms with van der Waals surface area (Å²) in [5.41, 5.74) is 1.45. The number of carbonyl (C=O) groups excluding carboxylic acids is 1. The average molecular weight is 341 g/mol. The third-order valence-electron chi connectivity index (χ3n) is 3.73. The van der Waals surface area contributed by atoms with Crippen LogP contribution < -0.4 is 0 Å². The monoisotopic (exact) mass is 341 g/mol. The largest absolute Gasteiger partial charge is 0.444 e. The van der Waals surface area contributed by atoms with E-state index in [0.717, 1.165) is 11.1 Å². The van der Waals surface area contributed by atoms with Crippen molar-refractivity contribution in [2.75, 3.05) is 13.2 Å². The van der Waals surface area contributed by atoms with Crippen molar-refractivity contribution in [3.63, 3.8) is 0 Å². The van der Waals surface area contributed by atoms with Gasteiger partial charge in [-0.05, 0) is 38.3 Å². The summed E-state index contributed by atoms with van der Waals surface area (Å²) in [6, 6.07) is 19.5. The summed E-state index contributed by atoms with van der Waals surface area (Å²) in [6.45, 7) is 6.01. The van der Waals surface area contributed by atoms with E-state index in [1.54, 1.807) is 4.90 Å². The fourth-order valence-corrected chi connectivity index (χ4v) is 2.71. The number of amides is 1. The molecule has 0 aliphatic carbocycles. The van der Waals surface area contributed by atoms with Crippen LogP contribution in [-0.4, -0.2) is 34.9 Å². The third kappa shape index (κ3) is 5.61. The van der Waals surface area contributed by atoms with Crippen molar-refractivity contribution >= 4 is 6.09 Å². The van der Waals surface area contributed by atoms with Gasteiger partial charge in [0.05, 0.1) is 6.04 Å². The molecule has 1 amide bonds. The molecule has 0 unspecified atom stereocenters. The number of hydrogen-bond donors (Lipinski definition) is 1. The third-order valence-corrected chi connectivity index (χ3v) is 3.73. The Bertz CT molecular complexity index is 610. The van der Waals surface area contributed by atoms with Crippen LogP contribution in [-0.2, 0) is 4.74 Å². The van der Waals surface area contributed by atoms with Gasteiger partial charge >= 0.3 is 6.09 Å². The molecule has 0 saturated heterocycles. The fraction of sp³-hybridized carbons (Fsp3) is 0.381. The van der Waals surface area contributed by atoms with Crippen molar-refractivity contribution in [2.24, 2.45) is 0 Å². The van der Waals surface area contributed by atoms with E-state index in [-0.39, 0.29) is 18.7 Å². The summed E-state index contributed by atoms with van der Waals surface area (Å²) in [5.74, 6) is 0. The molecule has 0 aliphatic heterocycles. The van der Waals surface area contributed by atoms with E-state index in [2.05, 4.69) is 0 Å². The molecule has 0 spiro atoms. The minimum absolute atomic E-state index is 0.0234. The summed E-state index contributed by atoms with van der Waals surface area (Å²) in [4.78, 5) is 14.6. The number of benzene rings is 2. The minimum atomic E-state index is -0.577. The molecular formula is C21H27NO3. The molecule has 25 heavy (non-hydrogen) atoms. The van der Waals surface area contributed by atoms with Crippen molar-refractivity contribution < 1.29 is 14.6 Å². The summed E-state index contributed by atoms with van der Waals surface area (Å²) < 4.78 is 5.63. The first-order valence-corrected chi connectivity index (χ1v) is 8.63. The molecule has 0 saturated carbocycles. The molecule has 134 valence electrons. The van der Waals surface area contributed by atoms with E-state index in [1.165, 1.54) is 0 Å². The summed E-state index contributed by atoms with van der Waals surface area (Å²) in [6.07, 6.45) is 0.119. The molecule has 2 aromatic rings. The molecule has 0 atom stereocenters. The van der Waals surface area contributed by atoms with Crippen LogP contribution in [0, 0.1) is 0 Å². The Morgan fingerprint density at radius 2 is 1.48 bits per heavy atom. The van der Waals surface area contributed by atoms with E-state index in [0.29, 0.717) is 13.0 Å². The normalized spacial score (nSPS) is 11.4. The van der Waals surface area contributed by atoms with Crippen LogP contribution in [0.2, 0.25) is 0 Å². The molecule has 1 N–H and O–H groups in total. The zero-order chi connectivity index (χ0) is 18.3. The van der Waals surface area contributed by atoms with Gasteiger partial charge < -0.3 is 9.84 Å². The first-order valence-electron chi connectivity index (χ1n) is 8.63. The van der Waals surface area contributed by atoms with Crippen LogP contribution in [0.15, 0.2) is 60.7 Å². The van der Waals surface area contributed by atoms with Crippen molar-refractivity contribution in [3.05, 3.63) is 71.8 Å². The number of aliphatic hydroxyl groups is 1. The highest BCUT2D eigenvalue weighted by Gasteiger charge is 2.30. The Morgan fingerprint density at radius 1 is 1.00 bits per heavy atom. The Hall–Kier alpha value is -2.33. The molecule has 2 aromatic carbocycles. The summed E-state index contributed by atoms with van der Waals surface area (Å²) in [7, 11) is 0. The van der Waals surface area contributed by atoms with E-state index >= 15 is 0 Å². The highest BCUT2D eigenvalue weighted by atomic mass is 16.6. The second-order valence-corrected chi connectivity index (χ2v) is 6.97. The van der Waals surface area contributed by atoms with Crippen LogP contribution in [0.3, 0.4) is 0 Å². The number of carbonyl (C=O) groups is 1. The maximum atomic E-state index is 12.9. The lowest BCUT2D eigenvalue weighted by atomic mass is 9.97. The maximum Gasteiger partial charge on any atom is 0.411 e. The van der Waals surface area contributed by atoms with Gasteiger partial charge in [0.2, 0.25) is 0 Å². The van der Waals surface area contributed by atoms with Gasteiger partial charge in [-0.2, -0.15) is 0 Å². The van der Waals surface area contributed by atoms with Crippen molar-refractivity contribution in [1.29, 1.82) is 0 Å². The number of nitrogens with zero attached hydrogens (tertiary/aromatic N) is 1. The van der Waals surface area contributed by atoms with E-state index < -0.39 is 5.60 Å². The summed E-state index contributed by atoms with van der Waals surface area (Å²) in [5, 5.41) is 9.27. The predicted octanol–water partition coefficient (Wildman–Crippen LogP) is 4.40. The smallest absolute Gasteiger partial charge is 0.411 e. The summed E-state index contributed by atoms with van der Waals surface area (Å²) >= 11 is 0. The molecule has 0 heterocycles. The SMILES string of the molecule is CC(C)(C)OC(=O)N(CCCO)C(c1ccccc1)c1ccccc1. The van der Waals surface area contributed by atoms with Crippen LogP contribution in [0.5, 0.6) is 0 Å². The van der Waals surface area contributed by atoms with E-state index in [4.69, 9.17) is 4.74 Å². The van der Waals surface area contributed by atoms with Crippen molar-refractivity contribution in [2.45, 2.75) is 38.8 Å². The number of aliphatic hydroxyl groups excluding tert-OH is 1. The molecule has 2 rings (SSSR count). The quantitative estimate of drug-likeness (QED) is 0.847. The molecule has 4 heteroatoms. The molecule has 4 nitrogen and oxygen atoms in total. The minimum Gasteiger partial charge on any atom is -0.444 e. The zero-order valence-corrected chi connectivity index (χ0v) is 15.2. The lowest BCUT2D eigenvalue weighted by molar-refractivity contribution is 0.0180. The Morgan fingerprint density at radius 3 is 1.88 bits per heavy atom. The topological polar surface area (TPSA) is 49.8 Å². The molecule has 0 aliphatic rings. The molecule has 0 radical (unpaired) electrons. The Kier molecular flexibility index (Phi) is 6.59. The first kappa shape index (κ1) is 19.0. The van der Waals surface area contributed by atoms with E-state index in [9.17, 15) is 9.90 Å². The highest BCUT2D eigenvalue weighted by Crippen LogP contribution is 2.30.